The van der Waals surface area contributed by atoms with Crippen LogP contribution in [0, 0.1) is 14.0 Å². The first kappa shape index (κ1) is 9.22. The molecule has 0 amide bonds. The summed E-state index contributed by atoms with van der Waals surface area (Å²) in [6, 6.07) is 14.9. The predicted molar refractivity (Wildman–Crippen MR) is 67.1 cm³/mol. The van der Waals surface area contributed by atoms with Crippen molar-refractivity contribution < 1.29 is 4.57 Å². The van der Waals surface area contributed by atoms with Gasteiger partial charge in [0.15, 0.2) is 0 Å². The van der Waals surface area contributed by atoms with Gasteiger partial charge in [0, 0.05) is 12.4 Å². The summed E-state index contributed by atoms with van der Waals surface area (Å²) in [5, 5.41) is 3.81. The summed E-state index contributed by atoms with van der Waals surface area (Å²) in [6.07, 6.45) is 1.99. The Morgan fingerprint density at radius 3 is 2.56 bits per heavy atom. The molecular formula is C15H13N. The van der Waals surface area contributed by atoms with Gasteiger partial charge in [-0.25, -0.2) is 0 Å². The summed E-state index contributed by atoms with van der Waals surface area (Å²) < 4.78 is 1.95. The third kappa shape index (κ3) is 1.18. The molecule has 3 rings (SSSR count). The largest absolute Gasteiger partial charge is 0.332 e. The third-order valence-electron chi connectivity index (χ3n) is 3.09. The van der Waals surface area contributed by atoms with Gasteiger partial charge in [-0.3, -0.25) is 0 Å². The van der Waals surface area contributed by atoms with Crippen molar-refractivity contribution in [2.45, 2.75) is 6.92 Å². The maximum absolute atomic E-state index is 4.06. The highest BCUT2D eigenvalue weighted by Crippen LogP contribution is 2.25. The maximum atomic E-state index is 4.06. The number of aromatic nitrogens is 1. The Morgan fingerprint density at radius 2 is 1.69 bits per heavy atom. The predicted octanol–water partition coefficient (Wildman–Crippen LogP) is 3.23. The molecule has 0 saturated heterocycles. The fourth-order valence-electron chi connectivity index (χ4n) is 2.32. The van der Waals surface area contributed by atoms with Gasteiger partial charge >= 0.3 is 0 Å². The Hall–Kier alpha value is -2.02. The van der Waals surface area contributed by atoms with Gasteiger partial charge in [-0.1, -0.05) is 42.5 Å². The molecule has 0 unspecified atom stereocenters. The molecule has 0 radical (unpaired) electrons. The second-order valence-electron chi connectivity index (χ2n) is 4.15. The molecule has 0 spiro atoms. The van der Waals surface area contributed by atoms with Gasteiger partial charge < -0.3 is 4.57 Å². The first-order chi connectivity index (χ1) is 7.77. The molecule has 1 heterocycles. The minimum absolute atomic E-state index is 1.21. The Labute approximate surface area is 95.0 Å². The van der Waals surface area contributed by atoms with E-state index in [4.69, 9.17) is 0 Å². The number of benzene rings is 2. The topological polar surface area (TPSA) is 3.88 Å². The molecule has 3 aromatic rings. The van der Waals surface area contributed by atoms with E-state index in [1.807, 2.05) is 16.8 Å². The summed E-state index contributed by atoms with van der Waals surface area (Å²) in [5.74, 6) is 0. The zero-order chi connectivity index (χ0) is 11.1. The van der Waals surface area contributed by atoms with Crippen LogP contribution in [0.5, 0.6) is 0 Å². The lowest BCUT2D eigenvalue weighted by Gasteiger charge is -2.09. The van der Waals surface area contributed by atoms with E-state index in [0.29, 0.717) is 0 Å². The Morgan fingerprint density at radius 1 is 0.938 bits per heavy atom. The average Bonchev–Trinajstić information content (AvgIpc) is 2.29. The molecule has 0 saturated carbocycles. The van der Waals surface area contributed by atoms with E-state index in [-0.39, 0.29) is 0 Å². The molecule has 0 fully saturated rings. The summed E-state index contributed by atoms with van der Waals surface area (Å²) in [4.78, 5) is 0. The van der Waals surface area contributed by atoms with Crippen LogP contribution in [0.4, 0.5) is 0 Å². The molecule has 0 aliphatic carbocycles. The van der Waals surface area contributed by atoms with Crippen molar-refractivity contribution in [3.63, 3.8) is 0 Å². The van der Waals surface area contributed by atoms with Gasteiger partial charge in [-0.15, -0.1) is 0 Å². The van der Waals surface area contributed by atoms with Crippen LogP contribution in [0.3, 0.4) is 0 Å². The Balaban J connectivity index is 2.67. The van der Waals surface area contributed by atoms with Crippen LogP contribution in [0.15, 0.2) is 48.7 Å². The number of hydrogen-bond donors (Lipinski definition) is 0. The number of aryl methyl sites for hydroxylation is 1. The zero-order valence-electron chi connectivity index (χ0n) is 9.27. The minimum Gasteiger partial charge on any atom is -0.332 e. The van der Waals surface area contributed by atoms with Gasteiger partial charge in [0.05, 0.1) is 6.20 Å². The van der Waals surface area contributed by atoms with Crippen LogP contribution in [0.25, 0.3) is 21.7 Å². The zero-order valence-corrected chi connectivity index (χ0v) is 9.27. The number of hydrogen-bond acceptors (Lipinski definition) is 0. The fourth-order valence-corrected chi connectivity index (χ4v) is 2.32. The fraction of sp³-hybridized carbons (Fsp3) is 0.0667. The Bertz CT molecular complexity index is 623. The number of nitrogens with zero attached hydrogens (tertiary/aromatic N) is 1. The van der Waals surface area contributed by atoms with Crippen molar-refractivity contribution in [3.05, 3.63) is 61.3 Å². The molecule has 1 aromatic heterocycles. The second-order valence-corrected chi connectivity index (χ2v) is 4.15. The lowest BCUT2D eigenvalue weighted by Crippen LogP contribution is -2.25. The monoisotopic (exact) mass is 207 g/mol. The highest BCUT2D eigenvalue weighted by atomic mass is 14.9. The first-order valence-electron chi connectivity index (χ1n) is 5.41. The van der Waals surface area contributed by atoms with Gasteiger partial charge in [0.1, 0.15) is 5.52 Å². The molecule has 78 valence electrons. The van der Waals surface area contributed by atoms with E-state index in [1.165, 1.54) is 27.2 Å². The molecule has 16 heavy (non-hydrogen) atoms. The Kier molecular flexibility index (Phi) is 1.87. The van der Waals surface area contributed by atoms with Crippen molar-refractivity contribution in [1.82, 2.24) is 0 Å². The molecule has 0 N–H and O–H groups in total. The summed E-state index contributed by atoms with van der Waals surface area (Å²) in [6.45, 7) is 2.15. The molecular weight excluding hydrogens is 194 g/mol. The van der Waals surface area contributed by atoms with E-state index < -0.39 is 0 Å². The van der Waals surface area contributed by atoms with Crippen molar-refractivity contribution in [1.29, 1.82) is 0 Å². The molecule has 0 bridgehead atoms. The number of pyridine rings is 1. The van der Waals surface area contributed by atoms with E-state index in [2.05, 4.69) is 50.4 Å². The number of rotatable bonds is 0. The standard InChI is InChI=1S/C15H13N/c1-11-5-3-6-12-8-9-13-7-4-10-16(2)15(13)14(11)12/h3-10H,2H2,1H3. The van der Waals surface area contributed by atoms with Crippen LogP contribution >= 0.6 is 0 Å². The molecule has 0 aliphatic rings. The van der Waals surface area contributed by atoms with Crippen molar-refractivity contribution in [2.24, 2.45) is 0 Å². The van der Waals surface area contributed by atoms with Gasteiger partial charge in [0.2, 0.25) is 0 Å². The normalized spacial score (nSPS) is 11.1. The van der Waals surface area contributed by atoms with Crippen LogP contribution in [0.1, 0.15) is 5.56 Å². The SMILES string of the molecule is [CH2-][n+]1cccc2ccc3cccc(C)c3c21. The summed E-state index contributed by atoms with van der Waals surface area (Å²) in [5.41, 5.74) is 2.50. The molecule has 1 heteroatoms. The van der Waals surface area contributed by atoms with Gasteiger partial charge in [-0.05, 0) is 23.3 Å². The van der Waals surface area contributed by atoms with E-state index >= 15 is 0 Å². The van der Waals surface area contributed by atoms with E-state index in [1.54, 1.807) is 0 Å². The van der Waals surface area contributed by atoms with Crippen molar-refractivity contribution in [2.75, 3.05) is 0 Å². The minimum atomic E-state index is 1.21. The van der Waals surface area contributed by atoms with Crippen LogP contribution in [0.2, 0.25) is 0 Å². The number of fused-ring (bicyclic) bond motifs is 3. The first-order valence-corrected chi connectivity index (χ1v) is 5.41. The molecule has 0 atom stereocenters. The second kappa shape index (κ2) is 3.24. The van der Waals surface area contributed by atoms with Crippen molar-refractivity contribution in [3.8, 4) is 0 Å². The summed E-state index contributed by atoms with van der Waals surface area (Å²) in [7, 11) is 4.06. The average molecular weight is 207 g/mol. The van der Waals surface area contributed by atoms with E-state index in [0.717, 1.165) is 0 Å². The lowest BCUT2D eigenvalue weighted by atomic mass is 10.0. The smallest absolute Gasteiger partial charge is 0.120 e. The van der Waals surface area contributed by atoms with E-state index in [9.17, 15) is 0 Å². The molecule has 2 aromatic carbocycles. The summed E-state index contributed by atoms with van der Waals surface area (Å²) >= 11 is 0. The quantitative estimate of drug-likeness (QED) is 0.303. The van der Waals surface area contributed by atoms with Crippen LogP contribution in [-0.2, 0) is 0 Å². The lowest BCUT2D eigenvalue weighted by molar-refractivity contribution is -0.583. The molecule has 0 aliphatic heterocycles. The van der Waals surface area contributed by atoms with Gasteiger partial charge in [-0.2, -0.15) is 0 Å². The maximum Gasteiger partial charge on any atom is 0.120 e. The van der Waals surface area contributed by atoms with Crippen LogP contribution in [-0.4, -0.2) is 0 Å². The van der Waals surface area contributed by atoms with Crippen molar-refractivity contribution >= 4 is 21.7 Å². The highest BCUT2D eigenvalue weighted by molar-refractivity contribution is 6.05. The third-order valence-corrected chi connectivity index (χ3v) is 3.09. The highest BCUT2D eigenvalue weighted by Gasteiger charge is 2.04. The van der Waals surface area contributed by atoms with Crippen LogP contribution < -0.4 is 4.57 Å². The molecule has 1 nitrogen and oxygen atoms in total. The van der Waals surface area contributed by atoms with Gasteiger partial charge in [0.25, 0.3) is 0 Å².